The Morgan fingerprint density at radius 3 is 2.83 bits per heavy atom. The lowest BCUT2D eigenvalue weighted by atomic mass is 9.96. The number of aromatic nitrogens is 2. The number of rotatable bonds is 7. The van der Waals surface area contributed by atoms with Crippen molar-refractivity contribution < 1.29 is 9.26 Å². The van der Waals surface area contributed by atoms with Gasteiger partial charge in [0.05, 0.1) is 6.54 Å². The molecule has 2 rings (SSSR count). The van der Waals surface area contributed by atoms with Crippen LogP contribution in [0.25, 0.3) is 0 Å². The maximum atomic E-state index is 5.42. The highest BCUT2D eigenvalue weighted by Crippen LogP contribution is 2.18. The molecular weight excluding hydrogens is 294 g/mol. The first-order valence-electron chi connectivity index (χ1n) is 8.55. The number of hydrogen-bond donors (Lipinski definition) is 1. The SMILES string of the molecule is CCNC(=NCCc1nc(C)no1)N(C)CCC1CCOCC1. The van der Waals surface area contributed by atoms with Gasteiger partial charge in [0.1, 0.15) is 0 Å². The van der Waals surface area contributed by atoms with Crippen LogP contribution in [0.4, 0.5) is 0 Å². The van der Waals surface area contributed by atoms with Gasteiger partial charge in [0.15, 0.2) is 11.8 Å². The lowest BCUT2D eigenvalue weighted by Crippen LogP contribution is -2.40. The van der Waals surface area contributed by atoms with Crippen LogP contribution in [0.15, 0.2) is 9.52 Å². The zero-order chi connectivity index (χ0) is 16.5. The van der Waals surface area contributed by atoms with Gasteiger partial charge in [0, 0.05) is 39.8 Å². The summed E-state index contributed by atoms with van der Waals surface area (Å²) < 4.78 is 10.5. The van der Waals surface area contributed by atoms with Gasteiger partial charge in [-0.25, -0.2) is 0 Å². The van der Waals surface area contributed by atoms with Crippen molar-refractivity contribution >= 4 is 5.96 Å². The Hall–Kier alpha value is -1.63. The third-order valence-corrected chi connectivity index (χ3v) is 4.07. The van der Waals surface area contributed by atoms with Gasteiger partial charge in [-0.2, -0.15) is 4.98 Å². The molecule has 0 bridgehead atoms. The Morgan fingerprint density at radius 1 is 1.39 bits per heavy atom. The van der Waals surface area contributed by atoms with Crippen molar-refractivity contribution in [2.45, 2.75) is 39.5 Å². The van der Waals surface area contributed by atoms with Crippen molar-refractivity contribution in [3.63, 3.8) is 0 Å². The summed E-state index contributed by atoms with van der Waals surface area (Å²) >= 11 is 0. The van der Waals surface area contributed by atoms with Gasteiger partial charge in [-0.15, -0.1) is 0 Å². The summed E-state index contributed by atoms with van der Waals surface area (Å²) in [6.07, 6.45) is 4.22. The third kappa shape index (κ3) is 6.17. The molecule has 1 aliphatic heterocycles. The van der Waals surface area contributed by atoms with Crippen molar-refractivity contribution in [2.75, 3.05) is 39.9 Å². The Morgan fingerprint density at radius 2 is 2.17 bits per heavy atom. The predicted molar refractivity (Wildman–Crippen MR) is 89.5 cm³/mol. The number of nitrogens with one attached hydrogen (secondary N) is 1. The molecular formula is C16H29N5O2. The van der Waals surface area contributed by atoms with Crippen molar-refractivity contribution in [3.8, 4) is 0 Å². The van der Waals surface area contributed by atoms with E-state index >= 15 is 0 Å². The fraction of sp³-hybridized carbons (Fsp3) is 0.812. The summed E-state index contributed by atoms with van der Waals surface area (Å²) in [5, 5.41) is 7.14. The zero-order valence-corrected chi connectivity index (χ0v) is 14.5. The van der Waals surface area contributed by atoms with Crippen LogP contribution < -0.4 is 5.32 Å². The zero-order valence-electron chi connectivity index (χ0n) is 14.5. The lowest BCUT2D eigenvalue weighted by Gasteiger charge is -2.26. The van der Waals surface area contributed by atoms with Crippen LogP contribution in [-0.4, -0.2) is 60.9 Å². The maximum Gasteiger partial charge on any atom is 0.228 e. The average Bonchev–Trinajstić information content (AvgIpc) is 2.98. The standard InChI is InChI=1S/C16H29N5O2/c1-4-17-16(18-9-5-15-19-13(2)20-23-15)21(3)10-6-14-7-11-22-12-8-14/h14H,4-12H2,1-3H3,(H,17,18). The highest BCUT2D eigenvalue weighted by Gasteiger charge is 2.15. The summed E-state index contributed by atoms with van der Waals surface area (Å²) in [5.74, 6) is 3.03. The second-order valence-electron chi connectivity index (χ2n) is 5.99. The largest absolute Gasteiger partial charge is 0.381 e. The molecule has 0 spiro atoms. The molecule has 0 aliphatic carbocycles. The Balaban J connectivity index is 1.78. The molecule has 23 heavy (non-hydrogen) atoms. The van der Waals surface area contributed by atoms with Crippen molar-refractivity contribution in [2.24, 2.45) is 10.9 Å². The van der Waals surface area contributed by atoms with E-state index in [1.54, 1.807) is 0 Å². The first-order chi connectivity index (χ1) is 11.2. The van der Waals surface area contributed by atoms with Crippen molar-refractivity contribution in [1.82, 2.24) is 20.4 Å². The first kappa shape index (κ1) is 17.7. The summed E-state index contributed by atoms with van der Waals surface area (Å²) in [6, 6.07) is 0. The molecule has 1 aromatic rings. The number of hydrogen-bond acceptors (Lipinski definition) is 5. The van der Waals surface area contributed by atoms with Crippen LogP contribution in [0.1, 0.15) is 37.9 Å². The molecule has 1 aliphatic rings. The minimum Gasteiger partial charge on any atom is -0.381 e. The molecule has 130 valence electrons. The average molecular weight is 323 g/mol. The molecule has 1 saturated heterocycles. The van der Waals surface area contributed by atoms with E-state index in [2.05, 4.69) is 39.3 Å². The van der Waals surface area contributed by atoms with Gasteiger partial charge in [0.2, 0.25) is 5.89 Å². The predicted octanol–water partition coefficient (Wildman–Crippen LogP) is 1.63. The second kappa shape index (κ2) is 9.50. The number of aryl methyl sites for hydroxylation is 1. The molecule has 7 heteroatoms. The molecule has 1 fully saturated rings. The highest BCUT2D eigenvalue weighted by molar-refractivity contribution is 5.79. The molecule has 7 nitrogen and oxygen atoms in total. The topological polar surface area (TPSA) is 75.8 Å². The normalized spacial score (nSPS) is 16.6. The molecule has 0 atom stereocenters. The number of nitrogens with zero attached hydrogens (tertiary/aromatic N) is 4. The smallest absolute Gasteiger partial charge is 0.228 e. The van der Waals surface area contributed by atoms with E-state index in [0.29, 0.717) is 24.7 Å². The quantitative estimate of drug-likeness (QED) is 0.607. The van der Waals surface area contributed by atoms with E-state index in [-0.39, 0.29) is 0 Å². The Kier molecular flexibility index (Phi) is 7.32. The lowest BCUT2D eigenvalue weighted by molar-refractivity contribution is 0.0625. The van der Waals surface area contributed by atoms with E-state index in [1.807, 2.05) is 6.92 Å². The monoisotopic (exact) mass is 323 g/mol. The van der Waals surface area contributed by atoms with Crippen molar-refractivity contribution in [1.29, 1.82) is 0 Å². The van der Waals surface area contributed by atoms with E-state index in [9.17, 15) is 0 Å². The summed E-state index contributed by atoms with van der Waals surface area (Å²) in [7, 11) is 2.09. The third-order valence-electron chi connectivity index (χ3n) is 4.07. The van der Waals surface area contributed by atoms with Gasteiger partial charge < -0.3 is 19.5 Å². The Labute approximate surface area is 138 Å². The maximum absolute atomic E-state index is 5.42. The van der Waals surface area contributed by atoms with Crippen LogP contribution in [0.5, 0.6) is 0 Å². The first-order valence-corrected chi connectivity index (χ1v) is 8.55. The van der Waals surface area contributed by atoms with E-state index in [1.165, 1.54) is 19.3 Å². The minimum absolute atomic E-state index is 0.644. The van der Waals surface area contributed by atoms with Crippen LogP contribution >= 0.6 is 0 Å². The fourth-order valence-corrected chi connectivity index (χ4v) is 2.69. The Bertz CT molecular complexity index is 483. The van der Waals surface area contributed by atoms with Crippen LogP contribution in [0, 0.1) is 12.8 Å². The fourth-order valence-electron chi connectivity index (χ4n) is 2.69. The number of ether oxygens (including phenoxy) is 1. The molecule has 0 aromatic carbocycles. The molecule has 1 aromatic heterocycles. The number of aliphatic imine (C=N–C) groups is 1. The molecule has 1 N–H and O–H groups in total. The van der Waals surface area contributed by atoms with Gasteiger partial charge in [-0.1, -0.05) is 5.16 Å². The number of guanidine groups is 1. The summed E-state index contributed by atoms with van der Waals surface area (Å²) in [4.78, 5) is 11.1. The van der Waals surface area contributed by atoms with Crippen LogP contribution in [0.2, 0.25) is 0 Å². The summed E-state index contributed by atoms with van der Waals surface area (Å²) in [5.41, 5.74) is 0. The van der Waals surface area contributed by atoms with Gasteiger partial charge in [-0.3, -0.25) is 4.99 Å². The van der Waals surface area contributed by atoms with Gasteiger partial charge in [-0.05, 0) is 39.0 Å². The molecule has 0 unspecified atom stereocenters. The van der Waals surface area contributed by atoms with E-state index in [0.717, 1.165) is 38.2 Å². The molecule has 0 saturated carbocycles. The summed E-state index contributed by atoms with van der Waals surface area (Å²) in [6.45, 7) is 8.24. The molecule has 0 radical (unpaired) electrons. The van der Waals surface area contributed by atoms with Crippen LogP contribution in [0.3, 0.4) is 0 Å². The second-order valence-corrected chi connectivity index (χ2v) is 5.99. The van der Waals surface area contributed by atoms with E-state index < -0.39 is 0 Å². The van der Waals surface area contributed by atoms with Crippen LogP contribution in [-0.2, 0) is 11.2 Å². The van der Waals surface area contributed by atoms with Gasteiger partial charge >= 0.3 is 0 Å². The highest BCUT2D eigenvalue weighted by atomic mass is 16.5. The minimum atomic E-state index is 0.644. The molecule has 2 heterocycles. The van der Waals surface area contributed by atoms with Gasteiger partial charge in [0.25, 0.3) is 0 Å². The van der Waals surface area contributed by atoms with E-state index in [4.69, 9.17) is 9.26 Å². The van der Waals surface area contributed by atoms with Crippen molar-refractivity contribution in [3.05, 3.63) is 11.7 Å². The molecule has 0 amide bonds.